The van der Waals surface area contributed by atoms with Gasteiger partial charge in [0, 0.05) is 36.0 Å². The molecule has 4 aromatic rings. The van der Waals surface area contributed by atoms with Gasteiger partial charge in [0.05, 0.1) is 66.4 Å². The van der Waals surface area contributed by atoms with E-state index >= 15 is 8.78 Å². The maximum atomic E-state index is 15.4. The van der Waals surface area contributed by atoms with Crippen molar-refractivity contribution < 1.29 is 23.0 Å². The Balaban J connectivity index is 1.74. The Labute approximate surface area is 223 Å². The number of nitriles is 1. The zero-order chi connectivity index (χ0) is 27.9. The number of benzene rings is 1. The SMILES string of the molecule is COc1cc(OC)c(F)c(-c2cc3cnc(-c4ccc(C(C)(C)C#N)nc4)cc3n(C3CCOC3)c2=O)c1F. The lowest BCUT2D eigenvalue weighted by Gasteiger charge is -2.19. The van der Waals surface area contributed by atoms with Gasteiger partial charge in [0.25, 0.3) is 5.56 Å². The van der Waals surface area contributed by atoms with Crippen molar-refractivity contribution in [2.45, 2.75) is 31.7 Å². The Bertz CT molecular complexity index is 1640. The molecular weight excluding hydrogens is 506 g/mol. The van der Waals surface area contributed by atoms with Gasteiger partial charge < -0.3 is 18.8 Å². The van der Waals surface area contributed by atoms with Gasteiger partial charge in [0.1, 0.15) is 0 Å². The lowest BCUT2D eigenvalue weighted by Crippen LogP contribution is -2.27. The van der Waals surface area contributed by atoms with Crippen molar-refractivity contribution in [2.24, 2.45) is 0 Å². The molecule has 3 aromatic heterocycles. The molecule has 0 spiro atoms. The van der Waals surface area contributed by atoms with Gasteiger partial charge in [-0.2, -0.15) is 5.26 Å². The second-order valence-corrected chi connectivity index (χ2v) is 9.83. The fourth-order valence-electron chi connectivity index (χ4n) is 4.75. The van der Waals surface area contributed by atoms with Gasteiger partial charge >= 0.3 is 0 Å². The number of pyridine rings is 3. The molecule has 0 radical (unpaired) electrons. The number of hydrogen-bond acceptors (Lipinski definition) is 7. The summed E-state index contributed by atoms with van der Waals surface area (Å²) in [5, 5.41) is 9.91. The second-order valence-electron chi connectivity index (χ2n) is 9.83. The topological polar surface area (TPSA) is 99.3 Å². The first kappa shape index (κ1) is 26.3. The molecular formula is C29H26F2N4O4. The second kappa shape index (κ2) is 10.1. The van der Waals surface area contributed by atoms with E-state index in [1.807, 2.05) is 6.07 Å². The van der Waals surface area contributed by atoms with Crippen LogP contribution >= 0.6 is 0 Å². The van der Waals surface area contributed by atoms with E-state index in [9.17, 15) is 10.1 Å². The number of halogens is 2. The van der Waals surface area contributed by atoms with Crippen molar-refractivity contribution in [3.8, 4) is 40.0 Å². The first-order valence-corrected chi connectivity index (χ1v) is 12.3. The molecule has 5 rings (SSSR count). The average Bonchev–Trinajstić information content (AvgIpc) is 3.48. The number of methoxy groups -OCH3 is 2. The molecule has 10 heteroatoms. The highest BCUT2D eigenvalue weighted by Crippen LogP contribution is 2.38. The zero-order valence-electron chi connectivity index (χ0n) is 21.9. The quantitative estimate of drug-likeness (QED) is 0.337. The summed E-state index contributed by atoms with van der Waals surface area (Å²) in [6.07, 6.45) is 3.74. The highest BCUT2D eigenvalue weighted by atomic mass is 19.1. The highest BCUT2D eigenvalue weighted by Gasteiger charge is 2.28. The minimum atomic E-state index is -1.00. The van der Waals surface area contributed by atoms with Crippen LogP contribution in [0.25, 0.3) is 33.3 Å². The van der Waals surface area contributed by atoms with E-state index in [0.717, 1.165) is 6.07 Å². The molecule has 0 amide bonds. The van der Waals surface area contributed by atoms with Crippen LogP contribution in [0.15, 0.2) is 47.5 Å². The van der Waals surface area contributed by atoms with E-state index in [0.29, 0.717) is 40.9 Å². The molecule has 200 valence electrons. The van der Waals surface area contributed by atoms with E-state index in [2.05, 4.69) is 16.0 Å². The Hall–Kier alpha value is -4.36. The summed E-state index contributed by atoms with van der Waals surface area (Å²) in [5.41, 5.74) is 0.370. The molecule has 1 aliphatic rings. The third-order valence-corrected chi connectivity index (χ3v) is 7.01. The molecule has 1 fully saturated rings. The monoisotopic (exact) mass is 532 g/mol. The van der Waals surface area contributed by atoms with Crippen molar-refractivity contribution in [3.05, 3.63) is 70.4 Å². The maximum Gasteiger partial charge on any atom is 0.259 e. The van der Waals surface area contributed by atoms with E-state index in [1.165, 1.54) is 24.9 Å². The van der Waals surface area contributed by atoms with Crippen molar-refractivity contribution in [1.29, 1.82) is 5.26 Å². The van der Waals surface area contributed by atoms with E-state index < -0.39 is 28.2 Å². The molecule has 0 aliphatic carbocycles. The van der Waals surface area contributed by atoms with Gasteiger partial charge in [0.15, 0.2) is 23.1 Å². The Kier molecular flexibility index (Phi) is 6.78. The minimum absolute atomic E-state index is 0.180. The van der Waals surface area contributed by atoms with Crippen LogP contribution in [-0.4, -0.2) is 42.0 Å². The van der Waals surface area contributed by atoms with Gasteiger partial charge in [-0.05, 0) is 44.5 Å². The molecule has 1 saturated heterocycles. The molecule has 1 atom stereocenters. The van der Waals surface area contributed by atoms with Crippen LogP contribution in [0.1, 0.15) is 32.0 Å². The molecule has 1 aliphatic heterocycles. The van der Waals surface area contributed by atoms with E-state index in [-0.39, 0.29) is 29.7 Å². The van der Waals surface area contributed by atoms with Gasteiger partial charge in [-0.1, -0.05) is 0 Å². The van der Waals surface area contributed by atoms with Gasteiger partial charge in [-0.25, -0.2) is 8.78 Å². The number of nitrogens with zero attached hydrogens (tertiary/aromatic N) is 4. The molecule has 4 heterocycles. The summed E-state index contributed by atoms with van der Waals surface area (Å²) in [6.45, 7) is 4.30. The van der Waals surface area contributed by atoms with Crippen molar-refractivity contribution in [2.75, 3.05) is 27.4 Å². The standard InChI is InChI=1S/C29H26F2N4O4/c1-29(2,15-32)24-6-5-16(12-34-24)20-10-21-17(13-33-20)9-19(28(36)35(21)18-7-8-39-14-18)25-26(30)22(37-3)11-23(38-4)27(25)31/h5-6,9-13,18H,7-8,14H2,1-4H3. The predicted octanol–water partition coefficient (Wildman–Crippen LogP) is 5.18. The Morgan fingerprint density at radius 1 is 1.08 bits per heavy atom. The zero-order valence-corrected chi connectivity index (χ0v) is 21.9. The Morgan fingerprint density at radius 3 is 2.36 bits per heavy atom. The predicted molar refractivity (Wildman–Crippen MR) is 141 cm³/mol. The highest BCUT2D eigenvalue weighted by molar-refractivity contribution is 5.87. The number of fused-ring (bicyclic) bond motifs is 1. The summed E-state index contributed by atoms with van der Waals surface area (Å²) in [7, 11) is 2.50. The molecule has 1 unspecified atom stereocenters. The fraction of sp³-hybridized carbons (Fsp3) is 0.310. The lowest BCUT2D eigenvalue weighted by molar-refractivity contribution is 0.186. The van der Waals surface area contributed by atoms with Crippen LogP contribution in [0.4, 0.5) is 8.78 Å². The summed E-state index contributed by atoms with van der Waals surface area (Å²) in [4.78, 5) is 22.9. The first-order chi connectivity index (χ1) is 18.7. The van der Waals surface area contributed by atoms with Crippen LogP contribution in [0.3, 0.4) is 0 Å². The molecule has 0 bridgehead atoms. The molecule has 8 nitrogen and oxygen atoms in total. The van der Waals surface area contributed by atoms with Gasteiger partial charge in [-0.15, -0.1) is 0 Å². The van der Waals surface area contributed by atoms with Crippen LogP contribution in [0.5, 0.6) is 11.5 Å². The molecule has 0 N–H and O–H groups in total. The van der Waals surface area contributed by atoms with E-state index in [1.54, 1.807) is 38.4 Å². The number of rotatable bonds is 6. The summed E-state index contributed by atoms with van der Waals surface area (Å²) in [6, 6.07) is 9.76. The summed E-state index contributed by atoms with van der Waals surface area (Å²) >= 11 is 0. The third-order valence-electron chi connectivity index (χ3n) is 7.01. The summed E-state index contributed by atoms with van der Waals surface area (Å²) in [5.74, 6) is -2.50. The van der Waals surface area contributed by atoms with Crippen LogP contribution in [0, 0.1) is 23.0 Å². The van der Waals surface area contributed by atoms with E-state index in [4.69, 9.17) is 14.2 Å². The number of ether oxygens (including phenoxy) is 3. The minimum Gasteiger partial charge on any atom is -0.494 e. The van der Waals surface area contributed by atoms with Gasteiger partial charge in [-0.3, -0.25) is 14.8 Å². The molecule has 39 heavy (non-hydrogen) atoms. The van der Waals surface area contributed by atoms with Crippen molar-refractivity contribution >= 4 is 10.9 Å². The van der Waals surface area contributed by atoms with Crippen LogP contribution < -0.4 is 15.0 Å². The maximum absolute atomic E-state index is 15.4. The normalized spacial score (nSPS) is 15.4. The smallest absolute Gasteiger partial charge is 0.259 e. The van der Waals surface area contributed by atoms with Crippen LogP contribution in [0.2, 0.25) is 0 Å². The van der Waals surface area contributed by atoms with Crippen molar-refractivity contribution in [1.82, 2.24) is 14.5 Å². The third kappa shape index (κ3) is 4.49. The largest absolute Gasteiger partial charge is 0.494 e. The van der Waals surface area contributed by atoms with Crippen LogP contribution in [-0.2, 0) is 10.2 Å². The first-order valence-electron chi connectivity index (χ1n) is 12.3. The fourth-order valence-corrected chi connectivity index (χ4v) is 4.75. The lowest BCUT2D eigenvalue weighted by atomic mass is 9.90. The number of aromatic nitrogens is 3. The average molecular weight is 533 g/mol. The summed E-state index contributed by atoms with van der Waals surface area (Å²) < 4.78 is 48.1. The van der Waals surface area contributed by atoms with Crippen molar-refractivity contribution in [3.63, 3.8) is 0 Å². The van der Waals surface area contributed by atoms with Gasteiger partial charge in [0.2, 0.25) is 0 Å². The number of hydrogen-bond donors (Lipinski definition) is 0. The molecule has 1 aromatic carbocycles. The molecule has 0 saturated carbocycles. The Morgan fingerprint density at radius 2 is 1.79 bits per heavy atom.